The SMILES string of the molecule is C.C=C(O)Cc1cccc(CC(=O)O)n1.C=C(O)Cc1cccc(CC(=O)O)n1.C=C(O)Cc1cccc(CC(=O)O)n1.Cc1cc(CC[NH-])ccc1O.O=C(O)Cc1cccc(CC(=O)O)n1.[NH-]CCN.[NH-]CCN.[NH-]CCN.[NH-]CCc1ccc(O)c(O)c1.[NH-]CCc1ccc(O)c(O)c1.[O]=[V+2].[O]=[V+2].[O]=[V][OH].[O]=[V][OH]. The number of nitrogens with two attached hydrogens (primary N) is 3. The van der Waals surface area contributed by atoms with Crippen molar-refractivity contribution in [2.75, 3.05) is 58.9 Å². The molecule has 3 aromatic carbocycles. The Bertz CT molecular complexity index is 3190. The van der Waals surface area contributed by atoms with Crippen LogP contribution in [0.1, 0.15) is 75.2 Å². The molecule has 41 heteroatoms. The fourth-order valence-electron chi connectivity index (χ4n) is 7.06. The van der Waals surface area contributed by atoms with Crippen LogP contribution >= 0.6 is 0 Å². The maximum atomic E-state index is 10.4. The topological polar surface area (TPSA) is 730 Å². The first kappa shape index (κ1) is 118. The normalized spacial score (nSPS) is 8.93. The van der Waals surface area contributed by atoms with Gasteiger partial charge in [-0.2, -0.15) is 0 Å². The van der Waals surface area contributed by atoms with E-state index in [9.17, 15) is 24.0 Å². The summed E-state index contributed by atoms with van der Waals surface area (Å²) in [6.07, 6.45) is 2.06. The summed E-state index contributed by atoms with van der Waals surface area (Å²) < 4.78 is 47.8. The Morgan fingerprint density at radius 3 is 0.679 bits per heavy atom. The number of carbonyl (C=O) groups is 5. The van der Waals surface area contributed by atoms with Crippen LogP contribution in [0.4, 0.5) is 0 Å². The third-order valence-corrected chi connectivity index (χ3v) is 11.3. The number of aryl methyl sites for hydroxylation is 1. The molecule has 7 aromatic rings. The number of aliphatic hydroxyl groups is 3. The Hall–Kier alpha value is -9.67. The molecule has 0 spiro atoms. The van der Waals surface area contributed by atoms with Crippen molar-refractivity contribution in [2.45, 2.75) is 85.0 Å². The molecule has 0 aliphatic rings. The van der Waals surface area contributed by atoms with E-state index in [1.54, 1.807) is 91.0 Å². The van der Waals surface area contributed by atoms with Crippen molar-refractivity contribution in [3.8, 4) is 28.7 Å². The molecule has 37 nitrogen and oxygen atoms in total. The van der Waals surface area contributed by atoms with E-state index in [-0.39, 0.29) is 99.1 Å². The molecule has 0 amide bonds. The summed E-state index contributed by atoms with van der Waals surface area (Å²) in [5.41, 5.74) is 62.1. The van der Waals surface area contributed by atoms with Crippen molar-refractivity contribution in [3.63, 3.8) is 0 Å². The Morgan fingerprint density at radius 2 is 0.527 bits per heavy atom. The number of pyridine rings is 4. The van der Waals surface area contributed by atoms with Crippen LogP contribution in [0.5, 0.6) is 28.7 Å². The molecule has 0 aliphatic carbocycles. The van der Waals surface area contributed by atoms with Gasteiger partial charge in [0.05, 0.1) is 77.9 Å². The fourth-order valence-corrected chi connectivity index (χ4v) is 7.06. The number of phenols is 5. The van der Waals surface area contributed by atoms with Crippen LogP contribution in [0.3, 0.4) is 0 Å². The summed E-state index contributed by atoms with van der Waals surface area (Å²) in [4.78, 5) is 67.9. The van der Waals surface area contributed by atoms with Crippen molar-refractivity contribution in [3.05, 3.63) is 267 Å². The predicted molar refractivity (Wildman–Crippen MR) is 400 cm³/mol. The van der Waals surface area contributed by atoms with Crippen molar-refractivity contribution >= 4 is 29.8 Å². The molecular formula is C71H101N13O24V4-2. The number of hydrogen-bond acceptors (Lipinski definition) is 24. The number of allylic oxidation sites excluding steroid dienone is 3. The molecule has 0 bridgehead atoms. The van der Waals surface area contributed by atoms with Crippen molar-refractivity contribution in [1.29, 1.82) is 0 Å². The van der Waals surface area contributed by atoms with Crippen LogP contribution in [-0.2, 0) is 177 Å². The van der Waals surface area contributed by atoms with Gasteiger partial charge in [-0.05, 0) is 147 Å². The first-order valence-electron chi connectivity index (χ1n) is 31.7. The summed E-state index contributed by atoms with van der Waals surface area (Å²) >= 11 is -1.00. The van der Waals surface area contributed by atoms with E-state index >= 15 is 0 Å². The number of nitrogens with zero attached hydrogens (tertiary/aromatic N) is 4. The van der Waals surface area contributed by atoms with Crippen LogP contribution in [0.2, 0.25) is 0 Å². The van der Waals surface area contributed by atoms with Gasteiger partial charge in [-0.3, -0.25) is 43.9 Å². The summed E-state index contributed by atoms with van der Waals surface area (Å²) in [7, 11) is 0. The molecule has 27 N–H and O–H groups in total. The average Bonchev–Trinajstić information content (AvgIpc) is 0.932. The molecule has 4 aromatic heterocycles. The second kappa shape index (κ2) is 80.8. The standard InChI is InChI=1S/3C10H11NO3.C9H9NO4.C9H12NO.2C8H10NO2.3C2H7N2.CH4.2H2O.4O.4V/c3*1-7(12)5-8-3-2-4-9(11-8)6-10(13)14;11-8(12)4-6-2-1-3-7(10-6)5-9(13)14;1-7-6-8(4-5-10)2-3-9(7)11;2*9-4-3-6-1-2-7(10)8(11)5-6;3*3-1-2-4;;;;;;;;;;;/h3*2-4,12H,1,5-6H2,(H,13,14);1-3H,4-5H2,(H,11,12)(H,13,14);2-3,6,10-11H,4-5H2,1H3;2*1-2,5,9-11H,3-4H2;3*3H,1-2,4H2;1H4;2*1H2;;;;;;;;/q;;;;6*-1;;;;;;;;2*+1;2*+2/p-2. The number of phenolic OH excluding ortho intramolecular Hbond substituents is 5. The minimum atomic E-state index is -1.56. The summed E-state index contributed by atoms with van der Waals surface area (Å²) in [6.45, 7) is 15.4. The molecule has 0 unspecified atom stereocenters. The van der Waals surface area contributed by atoms with Gasteiger partial charge in [0.15, 0.2) is 23.0 Å². The third kappa shape index (κ3) is 77.1. The number of hydrogen-bond donors (Lipinski definition) is 18. The van der Waals surface area contributed by atoms with Gasteiger partial charge in [0, 0.05) is 36.3 Å². The van der Waals surface area contributed by atoms with Gasteiger partial charge in [-0.25, -0.2) is 0 Å². The monoisotopic (exact) mass is 1720 g/mol. The predicted octanol–water partition coefficient (Wildman–Crippen LogP) is 9.01. The quantitative estimate of drug-likeness (QED) is 0.0187. The summed E-state index contributed by atoms with van der Waals surface area (Å²) in [6, 6.07) is 34.6. The van der Waals surface area contributed by atoms with Gasteiger partial charge in [-0.15, -0.1) is 39.3 Å². The summed E-state index contributed by atoms with van der Waals surface area (Å²) in [5.74, 6) is -4.79. The van der Waals surface area contributed by atoms with Gasteiger partial charge >= 0.3 is 121 Å². The third-order valence-electron chi connectivity index (χ3n) is 11.3. The first-order chi connectivity index (χ1) is 52.6. The van der Waals surface area contributed by atoms with E-state index in [1.807, 2.05) is 19.1 Å². The minimum absolute atomic E-state index is 0. The van der Waals surface area contributed by atoms with Crippen molar-refractivity contribution in [1.82, 2.24) is 19.9 Å². The second-order valence-corrected chi connectivity index (χ2v) is 21.1. The number of aliphatic hydroxyl groups excluding tert-OH is 3. The number of benzene rings is 3. The first-order valence-corrected chi connectivity index (χ1v) is 35.2. The van der Waals surface area contributed by atoms with Gasteiger partial charge in [0.1, 0.15) is 5.75 Å². The van der Waals surface area contributed by atoms with Crippen LogP contribution in [0.15, 0.2) is 164 Å². The Balaban J connectivity index is -0.000000180. The van der Waals surface area contributed by atoms with E-state index < -0.39 is 63.0 Å². The number of rotatable bonds is 25. The zero-order valence-electron chi connectivity index (χ0n) is 60.6. The van der Waals surface area contributed by atoms with Crippen LogP contribution in [0.25, 0.3) is 34.4 Å². The maximum absolute atomic E-state index is 10.4. The molecule has 4 heterocycles. The van der Waals surface area contributed by atoms with E-state index in [1.165, 1.54) is 24.3 Å². The van der Waals surface area contributed by atoms with E-state index in [4.69, 9.17) is 141 Å². The average molecular weight is 1720 g/mol. The molecule has 0 fully saturated rings. The summed E-state index contributed by atoms with van der Waals surface area (Å²) in [5, 5.41) is 114. The van der Waals surface area contributed by atoms with Crippen molar-refractivity contribution in [2.24, 2.45) is 17.2 Å². The number of aromatic nitrogens is 4. The van der Waals surface area contributed by atoms with Crippen LogP contribution in [0, 0.1) is 6.92 Å². The van der Waals surface area contributed by atoms with Gasteiger partial charge in [0.2, 0.25) is 0 Å². The number of carboxylic acids is 5. The van der Waals surface area contributed by atoms with Crippen LogP contribution in [-0.4, -0.2) is 183 Å². The fraction of sp³-hybridized carbons (Fsp3) is 0.310. The van der Waals surface area contributed by atoms with E-state index in [0.717, 1.165) is 63.4 Å². The molecule has 0 radical (unpaired) electrons. The Kier molecular flexibility index (Phi) is 85.2. The molecule has 0 saturated heterocycles. The van der Waals surface area contributed by atoms with Crippen molar-refractivity contribution < 1.29 is 181 Å². The molecule has 0 atom stereocenters. The molecule has 0 aliphatic heterocycles. The number of aromatic hydroxyl groups is 5. The Morgan fingerprint density at radius 1 is 0.348 bits per heavy atom. The molecule has 112 heavy (non-hydrogen) atoms. The van der Waals surface area contributed by atoms with Crippen LogP contribution < -0.4 is 17.2 Å². The van der Waals surface area contributed by atoms with Gasteiger partial charge in [-0.1, -0.05) is 75.7 Å². The van der Waals surface area contributed by atoms with Gasteiger partial charge < -0.3 is 118 Å². The Labute approximate surface area is 682 Å². The zero-order valence-corrected chi connectivity index (χ0v) is 66.2. The molecule has 616 valence electrons. The molecule has 7 rings (SSSR count). The van der Waals surface area contributed by atoms with Gasteiger partial charge in [0.25, 0.3) is 0 Å². The number of carboxylic acid groups (broad SMARTS) is 5. The number of aliphatic carboxylic acids is 5. The molecular weight excluding hydrogens is 1620 g/mol. The second-order valence-electron chi connectivity index (χ2n) is 20.6. The molecule has 0 saturated carbocycles. The zero-order chi connectivity index (χ0) is 86.7. The van der Waals surface area contributed by atoms with E-state index in [2.05, 4.69) is 39.7 Å². The number of nitrogens with one attached hydrogen (secondary N) is 6. The van der Waals surface area contributed by atoms with E-state index in [0.29, 0.717) is 123 Å².